The largest absolute Gasteiger partial charge is 0.390 e. The van der Waals surface area contributed by atoms with Crippen molar-refractivity contribution < 1.29 is 5.11 Å². The van der Waals surface area contributed by atoms with Gasteiger partial charge in [-0.1, -0.05) is 38.8 Å². The van der Waals surface area contributed by atoms with Crippen molar-refractivity contribution in [3.05, 3.63) is 12.2 Å². The fourth-order valence-electron chi connectivity index (χ4n) is 2.27. The zero-order valence-corrected chi connectivity index (χ0v) is 8.92. The van der Waals surface area contributed by atoms with E-state index in [2.05, 4.69) is 26.0 Å². The summed E-state index contributed by atoms with van der Waals surface area (Å²) in [5.74, 6) is 0.531. The van der Waals surface area contributed by atoms with Gasteiger partial charge in [0.2, 0.25) is 0 Å². The van der Waals surface area contributed by atoms with Crippen molar-refractivity contribution in [3.63, 3.8) is 0 Å². The molecule has 0 bridgehead atoms. The lowest BCUT2D eigenvalue weighted by Gasteiger charge is -2.24. The summed E-state index contributed by atoms with van der Waals surface area (Å²) in [7, 11) is 0. The van der Waals surface area contributed by atoms with Gasteiger partial charge < -0.3 is 5.11 Å². The van der Waals surface area contributed by atoms with Gasteiger partial charge in [-0.3, -0.25) is 0 Å². The molecule has 1 aliphatic carbocycles. The van der Waals surface area contributed by atoms with Crippen LogP contribution in [0.3, 0.4) is 0 Å². The summed E-state index contributed by atoms with van der Waals surface area (Å²) < 4.78 is 0. The minimum absolute atomic E-state index is 0.336. The third kappa shape index (κ3) is 3.51. The van der Waals surface area contributed by atoms with E-state index in [1.54, 1.807) is 0 Å². The van der Waals surface area contributed by atoms with E-state index in [1.165, 1.54) is 12.8 Å². The summed E-state index contributed by atoms with van der Waals surface area (Å²) in [6.45, 7) is 4.34. The van der Waals surface area contributed by atoms with Crippen LogP contribution in [-0.4, -0.2) is 10.7 Å². The minimum Gasteiger partial charge on any atom is -0.390 e. The number of allylic oxidation sites excluding steroid dienone is 2. The fourth-order valence-corrected chi connectivity index (χ4v) is 2.27. The van der Waals surface area contributed by atoms with Crippen LogP contribution in [0, 0.1) is 5.92 Å². The van der Waals surface area contributed by atoms with E-state index in [0.717, 1.165) is 25.7 Å². The van der Waals surface area contributed by atoms with Crippen molar-refractivity contribution in [1.82, 2.24) is 0 Å². The molecule has 0 saturated heterocycles. The smallest absolute Gasteiger partial charge is 0.0653 e. The average Bonchev–Trinajstić information content (AvgIpc) is 2.48. The molecular formula is C12H22O. The van der Waals surface area contributed by atoms with Gasteiger partial charge in [0.15, 0.2) is 0 Å². The predicted octanol–water partition coefficient (Wildman–Crippen LogP) is 3.28. The van der Waals surface area contributed by atoms with E-state index >= 15 is 0 Å². The molecule has 0 spiro atoms. The first-order valence-corrected chi connectivity index (χ1v) is 5.55. The zero-order chi connectivity index (χ0) is 9.73. The summed E-state index contributed by atoms with van der Waals surface area (Å²) in [6.07, 6.45) is 10.9. The predicted molar refractivity (Wildman–Crippen MR) is 56.6 cm³/mol. The Bertz CT molecular complexity index is 166. The quantitative estimate of drug-likeness (QED) is 0.661. The highest BCUT2D eigenvalue weighted by molar-refractivity contribution is 4.92. The normalized spacial score (nSPS) is 23.9. The second kappa shape index (κ2) is 4.80. The topological polar surface area (TPSA) is 20.2 Å². The Kier molecular flexibility index (Phi) is 3.98. The van der Waals surface area contributed by atoms with E-state index in [1.807, 2.05) is 0 Å². The molecule has 0 amide bonds. The first kappa shape index (κ1) is 10.8. The zero-order valence-electron chi connectivity index (χ0n) is 8.92. The minimum atomic E-state index is -0.336. The molecule has 0 aromatic rings. The lowest BCUT2D eigenvalue weighted by atomic mass is 9.90. The molecule has 1 aliphatic rings. The second-order valence-electron chi connectivity index (χ2n) is 4.45. The number of hydrogen-bond acceptors (Lipinski definition) is 1. The van der Waals surface area contributed by atoms with Gasteiger partial charge in [0.25, 0.3) is 0 Å². The van der Waals surface area contributed by atoms with Gasteiger partial charge in [0.1, 0.15) is 0 Å². The van der Waals surface area contributed by atoms with Gasteiger partial charge in [-0.2, -0.15) is 0 Å². The van der Waals surface area contributed by atoms with Gasteiger partial charge in [-0.25, -0.2) is 0 Å². The van der Waals surface area contributed by atoms with Crippen LogP contribution in [0.4, 0.5) is 0 Å². The van der Waals surface area contributed by atoms with E-state index in [-0.39, 0.29) is 5.60 Å². The summed E-state index contributed by atoms with van der Waals surface area (Å²) in [4.78, 5) is 0. The maximum absolute atomic E-state index is 10.1. The summed E-state index contributed by atoms with van der Waals surface area (Å²) >= 11 is 0. The van der Waals surface area contributed by atoms with Crippen LogP contribution < -0.4 is 0 Å². The Balaban J connectivity index is 2.33. The molecule has 0 radical (unpaired) electrons. The molecule has 0 aromatic carbocycles. The number of rotatable bonds is 4. The number of hydrogen-bond donors (Lipinski definition) is 1. The van der Waals surface area contributed by atoms with Crippen LogP contribution in [0.15, 0.2) is 12.2 Å². The molecule has 0 aliphatic heterocycles. The van der Waals surface area contributed by atoms with Gasteiger partial charge in [-0.05, 0) is 31.6 Å². The number of aliphatic hydroxyl groups is 1. The molecule has 1 unspecified atom stereocenters. The van der Waals surface area contributed by atoms with E-state index in [0.29, 0.717) is 5.92 Å². The average molecular weight is 182 g/mol. The van der Waals surface area contributed by atoms with Gasteiger partial charge in [0, 0.05) is 0 Å². The van der Waals surface area contributed by atoms with Crippen LogP contribution >= 0.6 is 0 Å². The van der Waals surface area contributed by atoms with Crippen LogP contribution in [0.2, 0.25) is 0 Å². The second-order valence-corrected chi connectivity index (χ2v) is 4.45. The Hall–Kier alpha value is -0.300. The van der Waals surface area contributed by atoms with Crippen molar-refractivity contribution in [2.24, 2.45) is 5.92 Å². The standard InChI is InChI=1S/C12H22O/c1-3-4-7-11(2)10-12(13)8-5-6-9-12/h4,7,11,13H,3,5-6,8-10H2,1-2H3. The molecule has 1 rings (SSSR count). The van der Waals surface area contributed by atoms with E-state index < -0.39 is 0 Å². The first-order chi connectivity index (χ1) is 6.16. The van der Waals surface area contributed by atoms with Crippen molar-refractivity contribution in [3.8, 4) is 0 Å². The summed E-state index contributed by atoms with van der Waals surface area (Å²) in [6, 6.07) is 0. The van der Waals surface area contributed by atoms with Gasteiger partial charge in [0.05, 0.1) is 5.60 Å². The maximum Gasteiger partial charge on any atom is 0.0653 e. The van der Waals surface area contributed by atoms with E-state index in [9.17, 15) is 5.11 Å². The van der Waals surface area contributed by atoms with Crippen LogP contribution in [0.25, 0.3) is 0 Å². The first-order valence-electron chi connectivity index (χ1n) is 5.55. The molecular weight excluding hydrogens is 160 g/mol. The Morgan fingerprint density at radius 2 is 2.00 bits per heavy atom. The van der Waals surface area contributed by atoms with Crippen molar-refractivity contribution in [1.29, 1.82) is 0 Å². The monoisotopic (exact) mass is 182 g/mol. The molecule has 1 heteroatoms. The fraction of sp³-hybridized carbons (Fsp3) is 0.833. The molecule has 0 aromatic heterocycles. The maximum atomic E-state index is 10.1. The van der Waals surface area contributed by atoms with Crippen molar-refractivity contribution >= 4 is 0 Å². The Morgan fingerprint density at radius 1 is 1.38 bits per heavy atom. The molecule has 1 nitrogen and oxygen atoms in total. The van der Waals surface area contributed by atoms with Crippen LogP contribution in [0.1, 0.15) is 52.4 Å². The highest BCUT2D eigenvalue weighted by Crippen LogP contribution is 2.34. The van der Waals surface area contributed by atoms with Crippen molar-refractivity contribution in [2.45, 2.75) is 58.0 Å². The third-order valence-electron chi connectivity index (χ3n) is 2.94. The Morgan fingerprint density at radius 3 is 2.54 bits per heavy atom. The molecule has 1 atom stereocenters. The lowest BCUT2D eigenvalue weighted by molar-refractivity contribution is 0.0299. The van der Waals surface area contributed by atoms with Gasteiger partial charge >= 0.3 is 0 Å². The molecule has 1 fully saturated rings. The van der Waals surface area contributed by atoms with E-state index in [4.69, 9.17) is 0 Å². The summed E-state index contributed by atoms with van der Waals surface area (Å²) in [5, 5.41) is 10.1. The van der Waals surface area contributed by atoms with Crippen molar-refractivity contribution in [2.75, 3.05) is 0 Å². The molecule has 1 N–H and O–H groups in total. The lowest BCUT2D eigenvalue weighted by Crippen LogP contribution is -2.26. The third-order valence-corrected chi connectivity index (χ3v) is 2.94. The summed E-state index contributed by atoms with van der Waals surface area (Å²) in [5.41, 5.74) is -0.336. The molecule has 13 heavy (non-hydrogen) atoms. The molecule has 76 valence electrons. The van der Waals surface area contributed by atoms with Crippen LogP contribution in [-0.2, 0) is 0 Å². The highest BCUT2D eigenvalue weighted by atomic mass is 16.3. The SMILES string of the molecule is CCC=CC(C)CC1(O)CCCC1. The van der Waals surface area contributed by atoms with Crippen LogP contribution in [0.5, 0.6) is 0 Å². The Labute approximate surface area is 81.9 Å². The molecule has 0 heterocycles. The molecule has 1 saturated carbocycles. The van der Waals surface area contributed by atoms with Gasteiger partial charge in [-0.15, -0.1) is 0 Å². The highest BCUT2D eigenvalue weighted by Gasteiger charge is 2.31.